The molecule has 0 aromatic rings. The lowest BCUT2D eigenvalue weighted by molar-refractivity contribution is -0.142. The number of nitrogens with one attached hydrogen (secondary N) is 1. The number of hydrogen-bond donors (Lipinski definition) is 2. The van der Waals surface area contributed by atoms with Gasteiger partial charge in [-0.05, 0) is 6.42 Å². The summed E-state index contributed by atoms with van der Waals surface area (Å²) in [4.78, 5) is 35.7. The third kappa shape index (κ3) is 3.72. The lowest BCUT2D eigenvalue weighted by atomic mass is 10.1. The van der Waals surface area contributed by atoms with Gasteiger partial charge in [-0.25, -0.2) is 4.79 Å². The van der Waals surface area contributed by atoms with Crippen LogP contribution in [0.25, 0.3) is 0 Å². The SMILES string of the molecule is CCCC[C@H](NC(=O)C1CC(=O)N(C)C1)C(=O)O. The largest absolute Gasteiger partial charge is 0.480 e. The van der Waals surface area contributed by atoms with E-state index in [1.807, 2.05) is 6.92 Å². The molecule has 1 aliphatic rings. The number of carboxylic acid groups (broad SMARTS) is 1. The Morgan fingerprint density at radius 1 is 1.56 bits per heavy atom. The van der Waals surface area contributed by atoms with E-state index >= 15 is 0 Å². The van der Waals surface area contributed by atoms with Gasteiger partial charge in [-0.1, -0.05) is 19.8 Å². The quantitative estimate of drug-likeness (QED) is 0.712. The maximum atomic E-state index is 11.9. The molecule has 0 bridgehead atoms. The van der Waals surface area contributed by atoms with Crippen LogP contribution in [0.3, 0.4) is 0 Å². The Labute approximate surface area is 106 Å². The van der Waals surface area contributed by atoms with Gasteiger partial charge in [0.05, 0.1) is 5.92 Å². The Kier molecular flexibility index (Phi) is 5.12. The third-order valence-corrected chi connectivity index (χ3v) is 3.17. The molecule has 0 aromatic carbocycles. The van der Waals surface area contributed by atoms with E-state index in [0.717, 1.165) is 12.8 Å². The predicted octanol–water partition coefficient (Wildman–Crippen LogP) is 0.224. The molecule has 0 spiro atoms. The maximum Gasteiger partial charge on any atom is 0.326 e. The van der Waals surface area contributed by atoms with E-state index in [2.05, 4.69) is 5.32 Å². The van der Waals surface area contributed by atoms with Crippen molar-refractivity contribution in [2.75, 3.05) is 13.6 Å². The molecule has 2 amide bonds. The zero-order valence-corrected chi connectivity index (χ0v) is 10.8. The average Bonchev–Trinajstić information content (AvgIpc) is 2.64. The van der Waals surface area contributed by atoms with Crippen LogP contribution in [0.15, 0.2) is 0 Å². The van der Waals surface area contributed by atoms with Crippen molar-refractivity contribution in [1.29, 1.82) is 0 Å². The van der Waals surface area contributed by atoms with Gasteiger partial charge in [0, 0.05) is 20.0 Å². The molecule has 0 aromatic heterocycles. The van der Waals surface area contributed by atoms with Crippen molar-refractivity contribution in [1.82, 2.24) is 10.2 Å². The van der Waals surface area contributed by atoms with Crippen LogP contribution in [0.5, 0.6) is 0 Å². The number of amides is 2. The molecule has 2 N–H and O–H groups in total. The Morgan fingerprint density at radius 2 is 2.22 bits per heavy atom. The fourth-order valence-electron chi connectivity index (χ4n) is 1.99. The van der Waals surface area contributed by atoms with E-state index in [1.165, 1.54) is 4.90 Å². The number of nitrogens with zero attached hydrogens (tertiary/aromatic N) is 1. The summed E-state index contributed by atoms with van der Waals surface area (Å²) in [5.74, 6) is -1.85. The molecule has 6 nitrogen and oxygen atoms in total. The van der Waals surface area contributed by atoms with Crippen molar-refractivity contribution in [3.8, 4) is 0 Å². The van der Waals surface area contributed by atoms with Crippen molar-refractivity contribution in [2.45, 2.75) is 38.6 Å². The minimum absolute atomic E-state index is 0.0735. The number of aliphatic carboxylic acids is 1. The monoisotopic (exact) mass is 256 g/mol. The molecule has 102 valence electrons. The second-order valence-electron chi connectivity index (χ2n) is 4.72. The van der Waals surface area contributed by atoms with Crippen molar-refractivity contribution in [3.63, 3.8) is 0 Å². The molecule has 1 heterocycles. The van der Waals surface area contributed by atoms with E-state index in [4.69, 9.17) is 5.11 Å². The zero-order chi connectivity index (χ0) is 13.7. The lowest BCUT2D eigenvalue weighted by Gasteiger charge is -2.16. The average molecular weight is 256 g/mol. The lowest BCUT2D eigenvalue weighted by Crippen LogP contribution is -2.44. The van der Waals surface area contributed by atoms with Gasteiger partial charge in [0.25, 0.3) is 0 Å². The third-order valence-electron chi connectivity index (χ3n) is 3.17. The van der Waals surface area contributed by atoms with Crippen LogP contribution in [-0.2, 0) is 14.4 Å². The van der Waals surface area contributed by atoms with Crippen molar-refractivity contribution in [3.05, 3.63) is 0 Å². The Bertz CT molecular complexity index is 343. The summed E-state index contributed by atoms with van der Waals surface area (Å²) in [5.41, 5.74) is 0. The number of hydrogen-bond acceptors (Lipinski definition) is 3. The summed E-state index contributed by atoms with van der Waals surface area (Å²) < 4.78 is 0. The minimum atomic E-state index is -1.02. The van der Waals surface area contributed by atoms with Gasteiger partial charge < -0.3 is 15.3 Å². The van der Waals surface area contributed by atoms with Crippen LogP contribution < -0.4 is 5.32 Å². The molecule has 0 radical (unpaired) electrons. The van der Waals surface area contributed by atoms with Crippen LogP contribution in [0.1, 0.15) is 32.6 Å². The second-order valence-corrected chi connectivity index (χ2v) is 4.72. The predicted molar refractivity (Wildman–Crippen MR) is 64.8 cm³/mol. The summed E-state index contributed by atoms with van der Waals surface area (Å²) in [6.07, 6.45) is 2.22. The molecule has 1 aliphatic heterocycles. The van der Waals surface area contributed by atoms with Crippen molar-refractivity contribution in [2.24, 2.45) is 5.92 Å². The van der Waals surface area contributed by atoms with Gasteiger partial charge in [-0.3, -0.25) is 9.59 Å². The van der Waals surface area contributed by atoms with Crippen LogP contribution in [0.4, 0.5) is 0 Å². The molecule has 6 heteroatoms. The molecule has 1 fully saturated rings. The molecule has 1 rings (SSSR count). The first-order chi connectivity index (χ1) is 8.45. The van der Waals surface area contributed by atoms with E-state index < -0.39 is 17.9 Å². The van der Waals surface area contributed by atoms with Gasteiger partial charge in [0.2, 0.25) is 11.8 Å². The van der Waals surface area contributed by atoms with Gasteiger partial charge in [-0.2, -0.15) is 0 Å². The highest BCUT2D eigenvalue weighted by molar-refractivity contribution is 5.91. The summed E-state index contributed by atoms with van der Waals surface area (Å²) in [7, 11) is 1.64. The Morgan fingerprint density at radius 3 is 2.67 bits per heavy atom. The van der Waals surface area contributed by atoms with E-state index in [9.17, 15) is 14.4 Å². The number of carbonyl (C=O) groups excluding carboxylic acids is 2. The fraction of sp³-hybridized carbons (Fsp3) is 0.750. The molecule has 0 saturated carbocycles. The zero-order valence-electron chi connectivity index (χ0n) is 10.8. The number of likely N-dealkylation sites (tertiary alicyclic amines) is 1. The van der Waals surface area contributed by atoms with Gasteiger partial charge in [-0.15, -0.1) is 0 Å². The van der Waals surface area contributed by atoms with E-state index in [0.29, 0.717) is 13.0 Å². The number of rotatable bonds is 6. The first-order valence-electron chi connectivity index (χ1n) is 6.22. The molecule has 2 atom stereocenters. The highest BCUT2D eigenvalue weighted by Gasteiger charge is 2.33. The highest BCUT2D eigenvalue weighted by atomic mass is 16.4. The maximum absolute atomic E-state index is 11.9. The molecule has 1 saturated heterocycles. The topological polar surface area (TPSA) is 86.7 Å². The van der Waals surface area contributed by atoms with Crippen LogP contribution in [-0.4, -0.2) is 47.4 Å². The second kappa shape index (κ2) is 6.37. The first-order valence-corrected chi connectivity index (χ1v) is 6.22. The summed E-state index contributed by atoms with van der Waals surface area (Å²) in [6.45, 7) is 2.33. The molecule has 1 unspecified atom stereocenters. The van der Waals surface area contributed by atoms with Gasteiger partial charge >= 0.3 is 5.97 Å². The van der Waals surface area contributed by atoms with Crippen molar-refractivity contribution < 1.29 is 19.5 Å². The van der Waals surface area contributed by atoms with Crippen LogP contribution in [0.2, 0.25) is 0 Å². The summed E-state index contributed by atoms with van der Waals surface area (Å²) in [5, 5.41) is 11.5. The normalized spacial score (nSPS) is 20.9. The fourth-order valence-corrected chi connectivity index (χ4v) is 1.99. The molecular weight excluding hydrogens is 236 g/mol. The number of carboxylic acids is 1. The highest BCUT2D eigenvalue weighted by Crippen LogP contribution is 2.16. The van der Waals surface area contributed by atoms with Crippen LogP contribution >= 0.6 is 0 Å². The molecule has 18 heavy (non-hydrogen) atoms. The van der Waals surface area contributed by atoms with E-state index in [1.54, 1.807) is 7.05 Å². The van der Waals surface area contributed by atoms with E-state index in [-0.39, 0.29) is 18.2 Å². The Balaban J connectivity index is 2.51. The smallest absolute Gasteiger partial charge is 0.326 e. The van der Waals surface area contributed by atoms with Gasteiger partial charge in [0.1, 0.15) is 6.04 Å². The summed E-state index contributed by atoms with van der Waals surface area (Å²) >= 11 is 0. The standard InChI is InChI=1S/C12H20N2O4/c1-3-4-5-9(12(17)18)13-11(16)8-6-10(15)14(2)7-8/h8-9H,3-7H2,1-2H3,(H,13,16)(H,17,18)/t8?,9-/m0/s1. The molecular formula is C12H20N2O4. The minimum Gasteiger partial charge on any atom is -0.480 e. The van der Waals surface area contributed by atoms with Crippen molar-refractivity contribution >= 4 is 17.8 Å². The Hall–Kier alpha value is -1.59. The van der Waals surface area contributed by atoms with Gasteiger partial charge in [0.15, 0.2) is 0 Å². The number of unbranched alkanes of at least 4 members (excludes halogenated alkanes) is 1. The molecule has 0 aliphatic carbocycles. The summed E-state index contributed by atoms with van der Waals surface area (Å²) in [6, 6.07) is -0.849. The number of carbonyl (C=O) groups is 3. The van der Waals surface area contributed by atoms with Crippen LogP contribution in [0, 0.1) is 5.92 Å². The first kappa shape index (κ1) is 14.5.